The van der Waals surface area contributed by atoms with Gasteiger partial charge in [0.2, 0.25) is 11.7 Å². The van der Waals surface area contributed by atoms with E-state index in [4.69, 9.17) is 28.9 Å². The van der Waals surface area contributed by atoms with Crippen LogP contribution in [0.25, 0.3) is 6.08 Å². The molecule has 1 aromatic heterocycles. The first-order chi connectivity index (χ1) is 31.8. The molecule has 2 aromatic carbocycles. The Labute approximate surface area is 387 Å². The Morgan fingerprint density at radius 1 is 1.03 bits per heavy atom. The van der Waals surface area contributed by atoms with Crippen LogP contribution in [0.1, 0.15) is 94.1 Å². The molecule has 0 unspecified atom stereocenters. The molecule has 0 saturated heterocycles. The van der Waals surface area contributed by atoms with E-state index in [0.29, 0.717) is 35.6 Å². The number of carbonyl (C=O) groups excluding carboxylic acids is 1. The largest absolute Gasteiger partial charge is 0.487 e. The number of aliphatic hydroxyl groups is 3. The average molecular weight is 911 g/mol. The Bertz CT molecular complexity index is 2200. The van der Waals surface area contributed by atoms with Crippen LogP contribution < -0.4 is 9.47 Å². The van der Waals surface area contributed by atoms with Gasteiger partial charge in [-0.15, -0.1) is 6.58 Å². The van der Waals surface area contributed by atoms with Gasteiger partial charge in [0.15, 0.2) is 0 Å². The van der Waals surface area contributed by atoms with Crippen molar-refractivity contribution >= 4 is 23.4 Å². The van der Waals surface area contributed by atoms with Gasteiger partial charge in [0.25, 0.3) is 5.69 Å². The third-order valence-electron chi connectivity index (χ3n) is 12.3. The second-order valence-corrected chi connectivity index (χ2v) is 18.1. The molecule has 66 heavy (non-hydrogen) atoms. The van der Waals surface area contributed by atoms with Gasteiger partial charge in [-0.1, -0.05) is 36.2 Å². The molecule has 0 radical (unpaired) electrons. The van der Waals surface area contributed by atoms with Crippen molar-refractivity contribution in [3.05, 3.63) is 124 Å². The van der Waals surface area contributed by atoms with Crippen LogP contribution in [0, 0.1) is 34.8 Å². The number of aryl methyl sites for hydroxylation is 1. The highest BCUT2D eigenvalue weighted by Gasteiger charge is 2.65. The highest BCUT2D eigenvalue weighted by Crippen LogP contribution is 2.62. The number of ether oxygens (including phenoxy) is 4. The summed E-state index contributed by atoms with van der Waals surface area (Å²) in [5.74, 6) is -1.52. The summed E-state index contributed by atoms with van der Waals surface area (Å²) < 4.78 is 26.7. The highest BCUT2D eigenvalue weighted by atomic mass is 16.7. The van der Waals surface area contributed by atoms with Crippen LogP contribution in [0.15, 0.2) is 96.2 Å². The third-order valence-corrected chi connectivity index (χ3v) is 12.3. The van der Waals surface area contributed by atoms with Crippen molar-refractivity contribution in [3.8, 4) is 11.5 Å². The molecule has 3 aromatic rings. The molecule has 356 valence electrons. The second kappa shape index (κ2) is 23.3. The number of amides is 1. The van der Waals surface area contributed by atoms with Gasteiger partial charge >= 0.3 is 0 Å². The number of aliphatic hydroxyl groups excluding tert-OH is 3. The molecule has 3 N–H and O–H groups in total. The van der Waals surface area contributed by atoms with E-state index in [1.807, 2.05) is 64.1 Å². The number of nitrogens with zero attached hydrogens (tertiary/aromatic N) is 4. The fourth-order valence-corrected chi connectivity index (χ4v) is 9.49. The van der Waals surface area contributed by atoms with Crippen molar-refractivity contribution in [2.24, 2.45) is 22.9 Å². The van der Waals surface area contributed by atoms with E-state index in [0.717, 1.165) is 48.2 Å². The first-order valence-corrected chi connectivity index (χ1v) is 23.1. The van der Waals surface area contributed by atoms with Gasteiger partial charge in [0.05, 0.1) is 48.7 Å². The fraction of sp³-hybridized carbons (Fsp3) is 0.510. The van der Waals surface area contributed by atoms with Gasteiger partial charge in [0.1, 0.15) is 29.7 Å². The first-order valence-electron chi connectivity index (χ1n) is 23.1. The average Bonchev–Trinajstić information content (AvgIpc) is 3.30. The lowest BCUT2D eigenvalue weighted by atomic mass is 9.55. The number of benzene rings is 2. The Morgan fingerprint density at radius 2 is 1.79 bits per heavy atom. The zero-order valence-electron chi connectivity index (χ0n) is 38.7. The number of non-ortho nitro benzene ring substituents is 1. The van der Waals surface area contributed by atoms with Gasteiger partial charge in [-0.3, -0.25) is 19.9 Å². The molecule has 2 heterocycles. The van der Waals surface area contributed by atoms with E-state index in [-0.39, 0.29) is 82.7 Å². The van der Waals surface area contributed by atoms with Crippen LogP contribution >= 0.6 is 0 Å². The Hall–Kier alpha value is -5.45. The highest BCUT2D eigenvalue weighted by molar-refractivity contribution is 6.03. The summed E-state index contributed by atoms with van der Waals surface area (Å²) in [4.78, 5) is 38.4. The van der Waals surface area contributed by atoms with E-state index in [2.05, 4.69) is 17.6 Å². The zero-order valence-corrected chi connectivity index (χ0v) is 38.7. The molecule has 0 spiro atoms. The van der Waals surface area contributed by atoms with Gasteiger partial charge in [-0.25, -0.2) is 0 Å². The summed E-state index contributed by atoms with van der Waals surface area (Å²) in [6.45, 7) is 12.2. The number of oxime groups is 1. The lowest BCUT2D eigenvalue weighted by Crippen LogP contribution is -2.70. The minimum absolute atomic E-state index is 0.00496. The number of carbonyl (C=O) groups is 1. The molecule has 1 amide bonds. The smallest absolute Gasteiger partial charge is 0.269 e. The molecular formula is C51H66N4O11. The third kappa shape index (κ3) is 12.3. The standard InChI is InChI=1S/C51H66N4O11/c1-6-28-64-51-46(54(24-29-62-30-27-58)47(59)23-18-36-16-19-39(20-17-36)55(60)61)33-44(53-66-50(3,4)5)42-31-37(13-7-9-25-56)41(15-8-10-26-57)48(49(42)51)43-32-40(21-22-45(43)65-51)63-34-38-14-11-12-35(2)52-38/h6,11-12,14,16-23,31-32,37,41,46,48-49,56-58H,1,7-10,13,15,24-30,33-34H2,2-5H3/t37-,41+,46-,48+,49+,51+/m0/s1. The summed E-state index contributed by atoms with van der Waals surface area (Å²) in [5, 5.41) is 45.8. The molecule has 1 aliphatic heterocycles. The Kier molecular flexibility index (Phi) is 17.7. The van der Waals surface area contributed by atoms with Gasteiger partial charge in [0, 0.05) is 61.6 Å². The maximum Gasteiger partial charge on any atom is 0.269 e. The molecule has 0 bridgehead atoms. The van der Waals surface area contributed by atoms with Crippen molar-refractivity contribution in [1.82, 2.24) is 9.88 Å². The van der Waals surface area contributed by atoms with Crippen molar-refractivity contribution in [2.45, 2.75) is 103 Å². The van der Waals surface area contributed by atoms with Gasteiger partial charge < -0.3 is 44.0 Å². The molecule has 15 heteroatoms. The lowest BCUT2D eigenvalue weighted by molar-refractivity contribution is -0.384. The van der Waals surface area contributed by atoms with E-state index in [9.17, 15) is 30.2 Å². The Balaban J connectivity index is 1.56. The van der Waals surface area contributed by atoms with Gasteiger partial charge in [-0.05, 0) is 125 Å². The van der Waals surface area contributed by atoms with Crippen LogP contribution in [-0.4, -0.2) is 105 Å². The molecule has 6 rings (SSSR count). The second-order valence-electron chi connectivity index (χ2n) is 18.1. The normalized spacial score (nSPS) is 22.8. The summed E-state index contributed by atoms with van der Waals surface area (Å²) in [6, 6.07) is 16.7. The predicted molar refractivity (Wildman–Crippen MR) is 251 cm³/mol. The summed E-state index contributed by atoms with van der Waals surface area (Å²) >= 11 is 0. The maximum absolute atomic E-state index is 14.9. The summed E-state index contributed by atoms with van der Waals surface area (Å²) in [5.41, 5.74) is 3.99. The molecule has 6 atom stereocenters. The monoisotopic (exact) mass is 910 g/mol. The van der Waals surface area contributed by atoms with E-state index >= 15 is 0 Å². The number of hydrogen-bond donors (Lipinski definition) is 3. The topological polar surface area (TPSA) is 196 Å². The van der Waals surface area contributed by atoms with Crippen LogP contribution in [0.5, 0.6) is 11.5 Å². The number of fused-ring (bicyclic) bond motifs is 2. The van der Waals surface area contributed by atoms with Gasteiger partial charge in [-0.2, -0.15) is 0 Å². The number of unbranched alkanes of at least 4 members (excludes halogenated alkanes) is 2. The minimum Gasteiger partial charge on any atom is -0.487 e. The van der Waals surface area contributed by atoms with Crippen LogP contribution in [-0.2, 0) is 25.7 Å². The molecule has 2 aliphatic carbocycles. The SMILES string of the molecule is C=CCO[C@@]12Oc3ccc(OCc4cccc(C)n4)cc3[C@H]3[C@H](CCCCO)[C@@H](CCCCO)C=C(C(=NOC(C)(C)C)C[C@@H]1N(CCOCCO)C(=O)C=Cc1ccc([N+](=O)[O-])cc1)[C@H]32. The fourth-order valence-electron chi connectivity index (χ4n) is 9.49. The molecule has 1 fully saturated rings. The number of aromatic nitrogens is 1. The number of rotatable bonds is 24. The van der Waals surface area contributed by atoms with Crippen molar-refractivity contribution in [2.75, 3.05) is 46.2 Å². The lowest BCUT2D eigenvalue weighted by Gasteiger charge is -2.60. The van der Waals surface area contributed by atoms with Crippen LogP contribution in [0.2, 0.25) is 0 Å². The van der Waals surface area contributed by atoms with Crippen molar-refractivity contribution < 1.29 is 48.8 Å². The maximum atomic E-state index is 14.9. The van der Waals surface area contributed by atoms with E-state index < -0.39 is 34.2 Å². The number of allylic oxidation sites excluding steroid dienone is 1. The first kappa shape index (κ1) is 50.0. The number of nitro groups is 1. The molecule has 15 nitrogen and oxygen atoms in total. The predicted octanol–water partition coefficient (Wildman–Crippen LogP) is 7.86. The summed E-state index contributed by atoms with van der Waals surface area (Å²) in [6.07, 6.45) is 11.5. The number of hydrogen-bond acceptors (Lipinski definition) is 13. The number of nitro benzene ring substituents is 1. The van der Waals surface area contributed by atoms with E-state index in [1.165, 1.54) is 18.2 Å². The van der Waals surface area contributed by atoms with Crippen LogP contribution in [0.4, 0.5) is 5.69 Å². The Morgan fingerprint density at radius 3 is 2.47 bits per heavy atom. The van der Waals surface area contributed by atoms with Crippen molar-refractivity contribution in [1.29, 1.82) is 0 Å². The number of pyridine rings is 1. The zero-order chi connectivity index (χ0) is 47.3. The molecule has 3 aliphatic rings. The minimum atomic E-state index is -1.52. The van der Waals surface area contributed by atoms with Crippen molar-refractivity contribution in [3.63, 3.8) is 0 Å². The molecule has 1 saturated carbocycles. The quantitative estimate of drug-likeness (QED) is 0.0259. The van der Waals surface area contributed by atoms with Crippen LogP contribution in [0.3, 0.4) is 0 Å². The summed E-state index contributed by atoms with van der Waals surface area (Å²) in [7, 11) is 0. The molecular weight excluding hydrogens is 845 g/mol. The van der Waals surface area contributed by atoms with E-state index in [1.54, 1.807) is 29.2 Å².